The van der Waals surface area contributed by atoms with Crippen molar-refractivity contribution in [3.8, 4) is 0 Å². The molecule has 0 heterocycles. The van der Waals surface area contributed by atoms with Crippen LogP contribution < -0.4 is 11.1 Å². The monoisotopic (exact) mass is 332 g/mol. The number of carbonyl (C=O) groups excluding carboxylic acids is 1. The molecule has 0 unspecified atom stereocenters. The summed E-state index contributed by atoms with van der Waals surface area (Å²) in [6, 6.07) is 3.18. The molecule has 0 saturated heterocycles. The molecule has 1 rings (SSSR count). The predicted octanol–water partition coefficient (Wildman–Crippen LogP) is 4.33. The highest BCUT2D eigenvalue weighted by molar-refractivity contribution is 5.86. The number of hydrogen-bond donors (Lipinski definition) is 2. The number of anilines is 1. The van der Waals surface area contributed by atoms with Gasteiger partial charge in [0.25, 0.3) is 0 Å². The molecular formula is C16H23F3N2O2. The van der Waals surface area contributed by atoms with Crippen LogP contribution in [0.15, 0.2) is 18.2 Å². The van der Waals surface area contributed by atoms with Crippen molar-refractivity contribution in [3.05, 3.63) is 29.3 Å². The van der Waals surface area contributed by atoms with Gasteiger partial charge in [-0.15, -0.1) is 0 Å². The first-order valence-electron chi connectivity index (χ1n) is 7.34. The van der Waals surface area contributed by atoms with E-state index >= 15 is 0 Å². The van der Waals surface area contributed by atoms with Crippen molar-refractivity contribution in [1.82, 2.24) is 0 Å². The molecule has 1 atom stereocenters. The number of amides is 1. The lowest BCUT2D eigenvalue weighted by Gasteiger charge is -2.21. The molecule has 0 bridgehead atoms. The average molecular weight is 332 g/mol. The minimum absolute atomic E-state index is 0.0910. The zero-order chi connectivity index (χ0) is 17.8. The number of hydrogen-bond acceptors (Lipinski definition) is 3. The van der Waals surface area contributed by atoms with E-state index in [1.54, 1.807) is 20.8 Å². The van der Waals surface area contributed by atoms with Crippen molar-refractivity contribution >= 4 is 11.8 Å². The van der Waals surface area contributed by atoms with Gasteiger partial charge in [-0.3, -0.25) is 5.32 Å². The van der Waals surface area contributed by atoms with Crippen LogP contribution in [0.1, 0.15) is 45.2 Å². The van der Waals surface area contributed by atoms with Crippen LogP contribution in [0.3, 0.4) is 0 Å². The summed E-state index contributed by atoms with van der Waals surface area (Å²) in [6.45, 7) is 6.84. The van der Waals surface area contributed by atoms with E-state index in [9.17, 15) is 18.0 Å². The second kappa shape index (κ2) is 7.21. The summed E-state index contributed by atoms with van der Waals surface area (Å²) in [5.41, 5.74) is 4.79. The Bertz CT molecular complexity index is 549. The van der Waals surface area contributed by atoms with Gasteiger partial charge in [0.1, 0.15) is 5.60 Å². The maximum Gasteiger partial charge on any atom is 0.416 e. The third kappa shape index (κ3) is 6.90. The van der Waals surface area contributed by atoms with Crippen molar-refractivity contribution in [2.24, 2.45) is 5.73 Å². The van der Waals surface area contributed by atoms with Gasteiger partial charge < -0.3 is 10.5 Å². The molecule has 7 heteroatoms. The molecule has 0 saturated carbocycles. The zero-order valence-electron chi connectivity index (χ0n) is 13.8. The van der Waals surface area contributed by atoms with Gasteiger partial charge in [-0.05, 0) is 58.2 Å². The molecule has 1 aromatic rings. The lowest BCUT2D eigenvalue weighted by atomic mass is 10.0. The lowest BCUT2D eigenvalue weighted by Crippen LogP contribution is -2.27. The number of benzene rings is 1. The molecule has 1 aromatic carbocycles. The minimum atomic E-state index is -4.48. The summed E-state index contributed by atoms with van der Waals surface area (Å²) in [5.74, 6) is 0. The van der Waals surface area contributed by atoms with Crippen LogP contribution in [0.25, 0.3) is 0 Å². The van der Waals surface area contributed by atoms with Gasteiger partial charge in [-0.25, -0.2) is 4.79 Å². The third-order valence-electron chi connectivity index (χ3n) is 2.94. The summed E-state index contributed by atoms with van der Waals surface area (Å²) in [5, 5.41) is 2.40. The van der Waals surface area contributed by atoms with Crippen molar-refractivity contribution in [2.45, 2.75) is 58.4 Å². The summed E-state index contributed by atoms with van der Waals surface area (Å²) >= 11 is 0. The van der Waals surface area contributed by atoms with Gasteiger partial charge in [0.15, 0.2) is 0 Å². The largest absolute Gasteiger partial charge is 0.444 e. The normalized spacial score (nSPS) is 13.6. The second-order valence-electron chi connectivity index (χ2n) is 6.51. The number of nitrogens with one attached hydrogen (secondary N) is 1. The van der Waals surface area contributed by atoms with Crippen molar-refractivity contribution in [3.63, 3.8) is 0 Å². The maximum absolute atomic E-state index is 12.9. The molecule has 0 aliphatic rings. The number of carbonyl (C=O) groups is 1. The molecule has 0 spiro atoms. The number of halogens is 3. The minimum Gasteiger partial charge on any atom is -0.444 e. The first kappa shape index (κ1) is 19.3. The molecule has 0 aromatic heterocycles. The van der Waals surface area contributed by atoms with E-state index in [1.165, 1.54) is 6.07 Å². The topological polar surface area (TPSA) is 64.3 Å². The predicted molar refractivity (Wildman–Crippen MR) is 83.3 cm³/mol. The molecule has 0 aliphatic heterocycles. The fourth-order valence-electron chi connectivity index (χ4n) is 1.88. The van der Waals surface area contributed by atoms with Gasteiger partial charge in [-0.2, -0.15) is 13.2 Å². The van der Waals surface area contributed by atoms with Gasteiger partial charge in [0, 0.05) is 11.7 Å². The summed E-state index contributed by atoms with van der Waals surface area (Å²) < 4.78 is 43.7. The Hall–Kier alpha value is -1.76. The number of rotatable bonds is 4. The van der Waals surface area contributed by atoms with Crippen LogP contribution in [0, 0.1) is 0 Å². The second-order valence-corrected chi connectivity index (χ2v) is 6.51. The molecule has 23 heavy (non-hydrogen) atoms. The molecule has 0 fully saturated rings. The number of nitrogens with two attached hydrogens (primary N) is 1. The Kier molecular flexibility index (Phi) is 6.04. The van der Waals surface area contributed by atoms with Crippen molar-refractivity contribution < 1.29 is 22.7 Å². The van der Waals surface area contributed by atoms with E-state index in [1.807, 2.05) is 6.92 Å². The highest BCUT2D eigenvalue weighted by atomic mass is 19.4. The summed E-state index contributed by atoms with van der Waals surface area (Å²) in [6.07, 6.45) is -4.22. The lowest BCUT2D eigenvalue weighted by molar-refractivity contribution is -0.137. The van der Waals surface area contributed by atoms with Crippen LogP contribution in [0.2, 0.25) is 0 Å². The Morgan fingerprint density at radius 3 is 2.39 bits per heavy atom. The SMILES string of the molecule is C[C@H](N)CCc1ccc(C(F)(F)F)cc1NC(=O)OC(C)(C)C. The van der Waals surface area contributed by atoms with E-state index in [4.69, 9.17) is 10.5 Å². The van der Waals surface area contributed by atoms with Gasteiger partial charge >= 0.3 is 12.3 Å². The van der Waals surface area contributed by atoms with E-state index in [2.05, 4.69) is 5.32 Å². The molecule has 1 amide bonds. The molecule has 0 radical (unpaired) electrons. The first-order chi connectivity index (χ1) is 10.4. The fraction of sp³-hybridized carbons (Fsp3) is 0.562. The number of aryl methyl sites for hydroxylation is 1. The Morgan fingerprint density at radius 1 is 1.30 bits per heavy atom. The quantitative estimate of drug-likeness (QED) is 0.862. The first-order valence-corrected chi connectivity index (χ1v) is 7.34. The Morgan fingerprint density at radius 2 is 1.91 bits per heavy atom. The van der Waals surface area contributed by atoms with E-state index in [0.29, 0.717) is 18.4 Å². The molecule has 0 aliphatic carbocycles. The molecule has 4 nitrogen and oxygen atoms in total. The van der Waals surface area contributed by atoms with Crippen LogP contribution in [-0.2, 0) is 17.3 Å². The third-order valence-corrected chi connectivity index (χ3v) is 2.94. The molecular weight excluding hydrogens is 309 g/mol. The van der Waals surface area contributed by atoms with Crippen LogP contribution in [0.4, 0.5) is 23.7 Å². The maximum atomic E-state index is 12.9. The molecule has 3 N–H and O–H groups in total. The van der Waals surface area contributed by atoms with E-state index in [-0.39, 0.29) is 11.7 Å². The highest BCUT2D eigenvalue weighted by Gasteiger charge is 2.31. The van der Waals surface area contributed by atoms with Crippen LogP contribution in [0.5, 0.6) is 0 Å². The van der Waals surface area contributed by atoms with Gasteiger partial charge in [0.2, 0.25) is 0 Å². The van der Waals surface area contributed by atoms with E-state index < -0.39 is 23.4 Å². The van der Waals surface area contributed by atoms with Crippen molar-refractivity contribution in [2.75, 3.05) is 5.32 Å². The average Bonchev–Trinajstić information content (AvgIpc) is 2.33. The highest BCUT2D eigenvalue weighted by Crippen LogP contribution is 2.32. The summed E-state index contributed by atoms with van der Waals surface area (Å²) in [7, 11) is 0. The zero-order valence-corrected chi connectivity index (χ0v) is 13.8. The number of ether oxygens (including phenoxy) is 1. The standard InChI is InChI=1S/C16H23F3N2O2/c1-10(20)5-6-11-7-8-12(16(17,18)19)9-13(11)21-14(22)23-15(2,3)4/h7-10H,5-6,20H2,1-4H3,(H,21,22)/t10-/m0/s1. The Balaban J connectivity index is 3.05. The van der Waals surface area contributed by atoms with Crippen molar-refractivity contribution in [1.29, 1.82) is 0 Å². The fourth-order valence-corrected chi connectivity index (χ4v) is 1.88. The molecule has 130 valence electrons. The number of alkyl halides is 3. The van der Waals surface area contributed by atoms with Gasteiger partial charge in [-0.1, -0.05) is 6.07 Å². The van der Waals surface area contributed by atoms with E-state index in [0.717, 1.165) is 12.1 Å². The summed E-state index contributed by atoms with van der Waals surface area (Å²) in [4.78, 5) is 11.8. The Labute approximate surface area is 134 Å². The smallest absolute Gasteiger partial charge is 0.416 e. The van der Waals surface area contributed by atoms with Crippen LogP contribution in [-0.4, -0.2) is 17.7 Å². The van der Waals surface area contributed by atoms with Crippen LogP contribution >= 0.6 is 0 Å². The van der Waals surface area contributed by atoms with Gasteiger partial charge in [0.05, 0.1) is 5.56 Å².